The van der Waals surface area contributed by atoms with Crippen LogP contribution in [-0.2, 0) is 12.8 Å². The minimum absolute atomic E-state index is 0.124. The highest BCUT2D eigenvalue weighted by Crippen LogP contribution is 2.54. The monoisotopic (exact) mass is 566 g/mol. The highest BCUT2D eigenvalue weighted by Gasteiger charge is 2.54. The fourth-order valence-electron chi connectivity index (χ4n) is 7.44. The third kappa shape index (κ3) is 4.21. The Bertz CT molecular complexity index is 1530. The minimum Gasteiger partial charge on any atom is -0.329 e. The molecule has 1 heterocycles. The van der Waals surface area contributed by atoms with Crippen LogP contribution in [0.25, 0.3) is 5.57 Å². The van der Waals surface area contributed by atoms with E-state index in [9.17, 15) is 26.7 Å². The smallest absolute Gasteiger partial charge is 0.260 e. The summed E-state index contributed by atoms with van der Waals surface area (Å²) in [6, 6.07) is 18.2. The van der Waals surface area contributed by atoms with Crippen LogP contribution in [0.3, 0.4) is 0 Å². The fraction of sp³-hybridized carbons (Fsp3) is 0.364. The number of carbonyl (C=O) groups is 1. The van der Waals surface area contributed by atoms with Gasteiger partial charge < -0.3 is 9.80 Å². The van der Waals surface area contributed by atoms with E-state index in [1.807, 2.05) is 50.5 Å². The summed E-state index contributed by atoms with van der Waals surface area (Å²) in [6.45, 7) is 0.124. The second-order valence-corrected chi connectivity index (χ2v) is 11.8. The quantitative estimate of drug-likeness (QED) is 0.191. The van der Waals surface area contributed by atoms with Gasteiger partial charge in [0.15, 0.2) is 23.3 Å². The molecular weight excluding hydrogens is 535 g/mol. The van der Waals surface area contributed by atoms with Crippen LogP contribution in [0.2, 0.25) is 0 Å². The van der Waals surface area contributed by atoms with E-state index >= 15 is 0 Å². The van der Waals surface area contributed by atoms with Crippen LogP contribution in [0, 0.1) is 29.1 Å². The van der Waals surface area contributed by atoms with Gasteiger partial charge in [-0.1, -0.05) is 54.6 Å². The Kier molecular flexibility index (Phi) is 6.80. The standard InChI is InChI=1S/C33H31F5N2O/c1-39(2)32(19-20-8-4-3-5-9-20)13-15-33(16-14-32)24-18-21-10-6-7-11-22(21)23(24)12-17-40(33)31(41)25-26(34)28(36)30(38)29(37)27(25)35/h3-11H,12-19H2,1-2H3. The van der Waals surface area contributed by atoms with Crippen LogP contribution in [0.15, 0.2) is 60.2 Å². The summed E-state index contributed by atoms with van der Waals surface area (Å²) in [5.41, 5.74) is 3.06. The van der Waals surface area contributed by atoms with Crippen molar-refractivity contribution in [3.63, 3.8) is 0 Å². The third-order valence-corrected chi connectivity index (χ3v) is 9.74. The van der Waals surface area contributed by atoms with Crippen molar-refractivity contribution in [1.82, 2.24) is 9.80 Å². The van der Waals surface area contributed by atoms with Gasteiger partial charge in [0.25, 0.3) is 5.91 Å². The number of carbonyl (C=O) groups excluding carboxylic acids is 1. The maximum absolute atomic E-state index is 14.9. The van der Waals surface area contributed by atoms with Crippen LogP contribution in [0.1, 0.15) is 59.2 Å². The SMILES string of the molecule is CN(C)C1(Cc2ccccc2)CCC2(CC1)C1=C(CCN2C(=O)c2c(F)c(F)c(F)c(F)c2F)c2ccccc2C1. The van der Waals surface area contributed by atoms with Crippen LogP contribution < -0.4 is 0 Å². The van der Waals surface area contributed by atoms with Gasteiger partial charge >= 0.3 is 0 Å². The first-order valence-corrected chi connectivity index (χ1v) is 14.0. The number of amides is 1. The topological polar surface area (TPSA) is 23.6 Å². The summed E-state index contributed by atoms with van der Waals surface area (Å²) in [7, 11) is 4.07. The molecule has 6 rings (SSSR count). The van der Waals surface area contributed by atoms with Crippen molar-refractivity contribution in [2.45, 2.75) is 56.0 Å². The van der Waals surface area contributed by atoms with Gasteiger partial charge in [0.05, 0.1) is 5.54 Å². The molecule has 0 aromatic heterocycles. The zero-order chi connectivity index (χ0) is 29.1. The van der Waals surface area contributed by atoms with Crippen molar-refractivity contribution in [2.24, 2.45) is 0 Å². The molecule has 41 heavy (non-hydrogen) atoms. The Hall–Kier alpha value is -3.52. The Morgan fingerprint density at radius 3 is 2.02 bits per heavy atom. The molecule has 0 atom stereocenters. The van der Waals surface area contributed by atoms with Gasteiger partial charge in [-0.3, -0.25) is 4.79 Å². The highest BCUT2D eigenvalue weighted by molar-refractivity contribution is 5.97. The Morgan fingerprint density at radius 1 is 0.805 bits per heavy atom. The summed E-state index contributed by atoms with van der Waals surface area (Å²) in [5.74, 6) is -11.8. The highest BCUT2D eigenvalue weighted by atomic mass is 19.2. The van der Waals surface area contributed by atoms with E-state index in [4.69, 9.17) is 0 Å². The second kappa shape index (κ2) is 10.1. The van der Waals surface area contributed by atoms with Crippen LogP contribution in [0.4, 0.5) is 22.0 Å². The van der Waals surface area contributed by atoms with Gasteiger partial charge in [-0.15, -0.1) is 0 Å². The van der Waals surface area contributed by atoms with E-state index in [0.717, 1.165) is 28.7 Å². The Balaban J connectivity index is 1.44. The Labute approximate surface area is 236 Å². The molecule has 3 aromatic rings. The summed E-state index contributed by atoms with van der Waals surface area (Å²) >= 11 is 0. The zero-order valence-corrected chi connectivity index (χ0v) is 23.0. The van der Waals surface area contributed by atoms with Crippen LogP contribution >= 0.6 is 0 Å². The van der Waals surface area contributed by atoms with E-state index in [-0.39, 0.29) is 12.1 Å². The maximum atomic E-state index is 14.9. The number of likely N-dealkylation sites (N-methyl/N-ethyl adjacent to an activating group) is 1. The van der Waals surface area contributed by atoms with E-state index in [1.165, 1.54) is 10.5 Å². The lowest BCUT2D eigenvalue weighted by Gasteiger charge is -2.56. The number of rotatable bonds is 4. The van der Waals surface area contributed by atoms with Crippen molar-refractivity contribution in [1.29, 1.82) is 0 Å². The molecule has 1 fully saturated rings. The average molecular weight is 567 g/mol. The summed E-state index contributed by atoms with van der Waals surface area (Å²) in [4.78, 5) is 17.6. The van der Waals surface area contributed by atoms with Gasteiger partial charge in [-0.05, 0) is 86.9 Å². The van der Waals surface area contributed by atoms with Gasteiger partial charge in [-0.25, -0.2) is 22.0 Å². The zero-order valence-electron chi connectivity index (χ0n) is 23.0. The van der Waals surface area contributed by atoms with Crippen molar-refractivity contribution in [3.05, 3.63) is 112 Å². The molecule has 0 radical (unpaired) electrons. The summed E-state index contributed by atoms with van der Waals surface area (Å²) in [6.07, 6.45) is 4.19. The van der Waals surface area contributed by atoms with Crippen LogP contribution in [0.5, 0.6) is 0 Å². The van der Waals surface area contributed by atoms with Crippen molar-refractivity contribution >= 4 is 11.5 Å². The second-order valence-electron chi connectivity index (χ2n) is 11.8. The normalized spacial score (nSPS) is 23.8. The molecule has 1 spiro atoms. The first-order valence-electron chi connectivity index (χ1n) is 14.0. The molecule has 1 amide bonds. The molecule has 3 nitrogen and oxygen atoms in total. The van der Waals surface area contributed by atoms with Crippen molar-refractivity contribution in [3.8, 4) is 0 Å². The first kappa shape index (κ1) is 27.6. The van der Waals surface area contributed by atoms with Gasteiger partial charge in [0, 0.05) is 12.1 Å². The largest absolute Gasteiger partial charge is 0.329 e. The molecule has 0 unspecified atom stereocenters. The van der Waals surface area contributed by atoms with Gasteiger partial charge in [0.1, 0.15) is 5.56 Å². The van der Waals surface area contributed by atoms with Crippen molar-refractivity contribution in [2.75, 3.05) is 20.6 Å². The first-order chi connectivity index (χ1) is 19.6. The number of halogens is 5. The van der Waals surface area contributed by atoms with Gasteiger partial charge in [-0.2, -0.15) is 0 Å². The maximum Gasteiger partial charge on any atom is 0.260 e. The molecule has 3 aromatic carbocycles. The predicted octanol–water partition coefficient (Wildman–Crippen LogP) is 7.09. The molecule has 214 valence electrons. The fourth-order valence-corrected chi connectivity index (χ4v) is 7.44. The van der Waals surface area contributed by atoms with E-state index in [0.29, 0.717) is 38.5 Å². The molecule has 0 bridgehead atoms. The molecule has 1 aliphatic heterocycles. The molecule has 3 aliphatic rings. The lowest BCUT2D eigenvalue weighted by molar-refractivity contribution is 0.00831. The predicted molar refractivity (Wildman–Crippen MR) is 147 cm³/mol. The molecule has 0 N–H and O–H groups in total. The lowest BCUT2D eigenvalue weighted by Crippen LogP contribution is -2.61. The molecule has 0 saturated heterocycles. The average Bonchev–Trinajstić information content (AvgIpc) is 3.37. The minimum atomic E-state index is -2.27. The van der Waals surface area contributed by atoms with Gasteiger partial charge in [0.2, 0.25) is 5.82 Å². The van der Waals surface area contributed by atoms with Crippen molar-refractivity contribution < 1.29 is 26.7 Å². The number of hydrogen-bond acceptors (Lipinski definition) is 2. The molecule has 1 saturated carbocycles. The number of hydrogen-bond donors (Lipinski definition) is 0. The van der Waals surface area contributed by atoms with E-state index < -0.39 is 46.1 Å². The number of fused-ring (bicyclic) bond motifs is 3. The molecular formula is C33H31F5N2O. The lowest BCUT2D eigenvalue weighted by atomic mass is 9.64. The number of benzene rings is 3. The molecule has 2 aliphatic carbocycles. The third-order valence-electron chi connectivity index (χ3n) is 9.74. The summed E-state index contributed by atoms with van der Waals surface area (Å²) < 4.78 is 72.1. The number of nitrogens with zero attached hydrogens (tertiary/aromatic N) is 2. The van der Waals surface area contributed by atoms with E-state index in [2.05, 4.69) is 23.1 Å². The molecule has 8 heteroatoms. The summed E-state index contributed by atoms with van der Waals surface area (Å²) in [5, 5.41) is 0. The Morgan fingerprint density at radius 2 is 1.39 bits per heavy atom. The van der Waals surface area contributed by atoms with Crippen LogP contribution in [-0.4, -0.2) is 47.4 Å². The van der Waals surface area contributed by atoms with E-state index in [1.54, 1.807) is 0 Å².